The highest BCUT2D eigenvalue weighted by Crippen LogP contribution is 2.20. The van der Waals surface area contributed by atoms with Crippen molar-refractivity contribution in [1.29, 1.82) is 0 Å². The molecule has 1 amide bonds. The molecule has 1 aliphatic heterocycles. The van der Waals surface area contributed by atoms with Crippen molar-refractivity contribution in [2.75, 3.05) is 18.0 Å². The second-order valence-electron chi connectivity index (χ2n) is 6.43. The Kier molecular flexibility index (Phi) is 5.04. The minimum absolute atomic E-state index is 0.0123. The molecule has 2 aromatic heterocycles. The molecule has 8 heteroatoms. The molecule has 138 valence electrons. The molecule has 0 bridgehead atoms. The Morgan fingerprint density at radius 3 is 2.81 bits per heavy atom. The monoisotopic (exact) mass is 364 g/mol. The summed E-state index contributed by atoms with van der Waals surface area (Å²) in [6.07, 6.45) is 5.20. The number of carbonyl (C=O) groups is 1. The smallest absolute Gasteiger partial charge is 0.257 e. The molecular formula is C19H20N6O2. The van der Waals surface area contributed by atoms with E-state index in [1.165, 1.54) is 0 Å². The quantitative estimate of drug-likeness (QED) is 0.740. The fraction of sp³-hybridized carbons (Fsp3) is 0.316. The number of benzene rings is 1. The predicted molar refractivity (Wildman–Crippen MR) is 98.5 cm³/mol. The summed E-state index contributed by atoms with van der Waals surface area (Å²) in [5.41, 5.74) is 0.855. The van der Waals surface area contributed by atoms with Gasteiger partial charge in [-0.05, 0) is 31.0 Å². The van der Waals surface area contributed by atoms with Crippen LogP contribution in [-0.2, 0) is 11.3 Å². The van der Waals surface area contributed by atoms with E-state index in [1.807, 2.05) is 30.3 Å². The minimum atomic E-state index is -0.108. The van der Waals surface area contributed by atoms with Gasteiger partial charge in [-0.3, -0.25) is 4.79 Å². The van der Waals surface area contributed by atoms with Crippen LogP contribution in [0, 0.1) is 5.92 Å². The Morgan fingerprint density at radius 2 is 2.00 bits per heavy atom. The van der Waals surface area contributed by atoms with E-state index in [-0.39, 0.29) is 18.4 Å². The van der Waals surface area contributed by atoms with E-state index in [2.05, 4.69) is 30.3 Å². The molecule has 1 atom stereocenters. The van der Waals surface area contributed by atoms with Gasteiger partial charge in [0.05, 0.1) is 12.5 Å². The number of carbonyl (C=O) groups excluding carboxylic acids is 1. The van der Waals surface area contributed by atoms with Gasteiger partial charge in [0.25, 0.3) is 5.89 Å². The van der Waals surface area contributed by atoms with Crippen LogP contribution in [-0.4, -0.2) is 39.1 Å². The van der Waals surface area contributed by atoms with Crippen LogP contribution < -0.4 is 10.2 Å². The molecule has 0 aliphatic carbocycles. The molecule has 3 aromatic rings. The SMILES string of the molecule is O=C(NCc1noc(-c2ccccc2)n1)C1CCCN(c2ncccn2)C1. The molecule has 3 heterocycles. The topological polar surface area (TPSA) is 97.0 Å². The molecule has 1 saturated heterocycles. The second kappa shape index (κ2) is 7.94. The highest BCUT2D eigenvalue weighted by molar-refractivity contribution is 5.79. The van der Waals surface area contributed by atoms with Crippen molar-refractivity contribution in [3.63, 3.8) is 0 Å². The first-order chi connectivity index (χ1) is 13.3. The third-order valence-electron chi connectivity index (χ3n) is 4.54. The maximum atomic E-state index is 12.6. The Bertz CT molecular complexity index is 883. The van der Waals surface area contributed by atoms with E-state index >= 15 is 0 Å². The highest BCUT2D eigenvalue weighted by Gasteiger charge is 2.27. The van der Waals surface area contributed by atoms with Gasteiger partial charge in [0.2, 0.25) is 11.9 Å². The molecule has 8 nitrogen and oxygen atoms in total. The third-order valence-corrected chi connectivity index (χ3v) is 4.54. The van der Waals surface area contributed by atoms with Gasteiger partial charge >= 0.3 is 0 Å². The Balaban J connectivity index is 1.33. The van der Waals surface area contributed by atoms with Crippen molar-refractivity contribution in [3.8, 4) is 11.5 Å². The average Bonchev–Trinajstić information content (AvgIpc) is 3.22. The number of nitrogens with one attached hydrogen (secondary N) is 1. The Labute approximate surface area is 156 Å². The number of hydrogen-bond donors (Lipinski definition) is 1. The average molecular weight is 364 g/mol. The summed E-state index contributed by atoms with van der Waals surface area (Å²) in [7, 11) is 0. The summed E-state index contributed by atoms with van der Waals surface area (Å²) in [4.78, 5) is 27.5. The van der Waals surface area contributed by atoms with Gasteiger partial charge in [0.1, 0.15) is 0 Å². The zero-order valence-corrected chi connectivity index (χ0v) is 14.8. The molecule has 0 saturated carbocycles. The van der Waals surface area contributed by atoms with Crippen molar-refractivity contribution in [2.24, 2.45) is 5.92 Å². The lowest BCUT2D eigenvalue weighted by Crippen LogP contribution is -2.43. The standard InChI is InChI=1S/C19H20N6O2/c26-17(15-8-4-11-25(13-15)19-20-9-5-10-21-19)22-12-16-23-18(27-24-16)14-6-2-1-3-7-14/h1-3,5-7,9-10,15H,4,8,11-13H2,(H,22,26). The molecule has 1 aliphatic rings. The van der Waals surface area contributed by atoms with Gasteiger partial charge in [0.15, 0.2) is 5.82 Å². The van der Waals surface area contributed by atoms with Crippen molar-refractivity contribution in [1.82, 2.24) is 25.4 Å². The van der Waals surface area contributed by atoms with E-state index in [9.17, 15) is 4.79 Å². The molecule has 0 spiro atoms. The summed E-state index contributed by atoms with van der Waals surface area (Å²) in [5, 5.41) is 6.86. The predicted octanol–water partition coefficient (Wildman–Crippen LogP) is 2.06. The van der Waals surface area contributed by atoms with Crippen LogP contribution in [0.3, 0.4) is 0 Å². The van der Waals surface area contributed by atoms with Gasteiger partial charge in [-0.1, -0.05) is 23.4 Å². The van der Waals surface area contributed by atoms with Crippen molar-refractivity contribution >= 4 is 11.9 Å². The maximum absolute atomic E-state index is 12.6. The van der Waals surface area contributed by atoms with Gasteiger partial charge in [-0.25, -0.2) is 9.97 Å². The molecular weight excluding hydrogens is 344 g/mol. The summed E-state index contributed by atoms with van der Waals surface area (Å²) in [5.74, 6) is 1.46. The van der Waals surface area contributed by atoms with Crippen LogP contribution in [0.25, 0.3) is 11.5 Å². The highest BCUT2D eigenvalue weighted by atomic mass is 16.5. The molecule has 27 heavy (non-hydrogen) atoms. The van der Waals surface area contributed by atoms with E-state index in [4.69, 9.17) is 4.52 Å². The zero-order chi connectivity index (χ0) is 18.5. The van der Waals surface area contributed by atoms with Gasteiger partial charge < -0.3 is 14.7 Å². The van der Waals surface area contributed by atoms with Gasteiger partial charge in [-0.2, -0.15) is 4.98 Å². The van der Waals surface area contributed by atoms with E-state index in [0.29, 0.717) is 24.2 Å². The largest absolute Gasteiger partial charge is 0.348 e. The van der Waals surface area contributed by atoms with E-state index in [1.54, 1.807) is 18.5 Å². The van der Waals surface area contributed by atoms with Crippen LogP contribution in [0.1, 0.15) is 18.7 Å². The summed E-state index contributed by atoms with van der Waals surface area (Å²) >= 11 is 0. The molecule has 1 fully saturated rings. The summed E-state index contributed by atoms with van der Waals surface area (Å²) < 4.78 is 5.27. The van der Waals surface area contributed by atoms with Crippen LogP contribution in [0.2, 0.25) is 0 Å². The van der Waals surface area contributed by atoms with E-state index < -0.39 is 0 Å². The molecule has 1 unspecified atom stereocenters. The minimum Gasteiger partial charge on any atom is -0.348 e. The van der Waals surface area contributed by atoms with Gasteiger partial charge in [-0.15, -0.1) is 0 Å². The summed E-state index contributed by atoms with van der Waals surface area (Å²) in [6.45, 7) is 1.71. The first kappa shape index (κ1) is 17.1. The van der Waals surface area contributed by atoms with Crippen LogP contribution >= 0.6 is 0 Å². The number of nitrogens with zero attached hydrogens (tertiary/aromatic N) is 5. The molecule has 4 rings (SSSR count). The number of amides is 1. The lowest BCUT2D eigenvalue weighted by molar-refractivity contribution is -0.125. The summed E-state index contributed by atoms with van der Waals surface area (Å²) in [6, 6.07) is 11.3. The first-order valence-corrected chi connectivity index (χ1v) is 8.97. The molecule has 1 aromatic carbocycles. The normalized spacial score (nSPS) is 16.9. The zero-order valence-electron chi connectivity index (χ0n) is 14.8. The first-order valence-electron chi connectivity index (χ1n) is 8.97. The van der Waals surface area contributed by atoms with Crippen LogP contribution in [0.15, 0.2) is 53.3 Å². The Morgan fingerprint density at radius 1 is 1.19 bits per heavy atom. The maximum Gasteiger partial charge on any atom is 0.257 e. The lowest BCUT2D eigenvalue weighted by Gasteiger charge is -2.31. The second-order valence-corrected chi connectivity index (χ2v) is 6.43. The van der Waals surface area contributed by atoms with Gasteiger partial charge in [0, 0.05) is 31.0 Å². The fourth-order valence-electron chi connectivity index (χ4n) is 3.16. The Hall–Kier alpha value is -3.29. The number of hydrogen-bond acceptors (Lipinski definition) is 7. The number of rotatable bonds is 5. The number of aromatic nitrogens is 4. The van der Waals surface area contributed by atoms with Crippen molar-refractivity contribution < 1.29 is 9.32 Å². The van der Waals surface area contributed by atoms with E-state index in [0.717, 1.165) is 24.9 Å². The lowest BCUT2D eigenvalue weighted by atomic mass is 9.97. The third kappa shape index (κ3) is 4.11. The van der Waals surface area contributed by atoms with Crippen LogP contribution in [0.5, 0.6) is 0 Å². The number of anilines is 1. The fourth-order valence-corrected chi connectivity index (χ4v) is 3.16. The molecule has 1 N–H and O–H groups in total. The van der Waals surface area contributed by atoms with Crippen molar-refractivity contribution in [2.45, 2.75) is 19.4 Å². The number of piperidine rings is 1. The molecule has 0 radical (unpaired) electrons. The van der Waals surface area contributed by atoms with Crippen LogP contribution in [0.4, 0.5) is 5.95 Å². The van der Waals surface area contributed by atoms with Crippen molar-refractivity contribution in [3.05, 3.63) is 54.6 Å².